The van der Waals surface area contributed by atoms with Crippen LogP contribution >= 0.6 is 27.7 Å². The van der Waals surface area contributed by atoms with Gasteiger partial charge in [0.15, 0.2) is 0 Å². The first-order chi connectivity index (χ1) is 6.99. The maximum absolute atomic E-state index is 10.9. The molecule has 0 heterocycles. The van der Waals surface area contributed by atoms with E-state index in [1.165, 1.54) is 11.8 Å². The summed E-state index contributed by atoms with van der Waals surface area (Å²) < 4.78 is 22.9. The highest BCUT2D eigenvalue weighted by atomic mass is 79.9. The topological polar surface area (TPSA) is 34.1 Å². The maximum atomic E-state index is 10.9. The van der Waals surface area contributed by atoms with E-state index in [4.69, 9.17) is 0 Å². The predicted molar refractivity (Wildman–Crippen MR) is 70.0 cm³/mol. The van der Waals surface area contributed by atoms with Gasteiger partial charge in [-0.2, -0.15) is 11.8 Å². The van der Waals surface area contributed by atoms with E-state index in [0.29, 0.717) is 5.75 Å². The molecule has 0 aliphatic heterocycles. The van der Waals surface area contributed by atoms with Crippen molar-refractivity contribution in [3.63, 3.8) is 0 Å². The van der Waals surface area contributed by atoms with Crippen molar-refractivity contribution in [3.05, 3.63) is 34.3 Å². The molecule has 2 nitrogen and oxygen atoms in total. The van der Waals surface area contributed by atoms with E-state index < -0.39 is 9.84 Å². The molecule has 0 bridgehead atoms. The zero-order chi connectivity index (χ0) is 11.3. The van der Waals surface area contributed by atoms with E-state index in [1.54, 1.807) is 11.8 Å². The molecule has 0 atom stereocenters. The molecule has 0 spiro atoms. The van der Waals surface area contributed by atoms with Gasteiger partial charge in [0.25, 0.3) is 0 Å². The highest BCUT2D eigenvalue weighted by Crippen LogP contribution is 2.21. The molecule has 1 aromatic rings. The minimum atomic E-state index is -2.82. The first kappa shape index (κ1) is 13.1. The van der Waals surface area contributed by atoms with E-state index >= 15 is 0 Å². The van der Waals surface area contributed by atoms with Crippen LogP contribution in [0.5, 0.6) is 0 Å². The fourth-order valence-corrected chi connectivity index (χ4v) is 3.92. The summed E-state index contributed by atoms with van der Waals surface area (Å²) >= 11 is 5.09. The Kier molecular flexibility index (Phi) is 5.15. The van der Waals surface area contributed by atoms with Gasteiger partial charge in [-0.3, -0.25) is 0 Å². The lowest BCUT2D eigenvalue weighted by atomic mass is 10.2. The number of benzene rings is 1. The summed E-state index contributed by atoms with van der Waals surface area (Å²) in [4.78, 5) is 0. The van der Waals surface area contributed by atoms with E-state index in [1.807, 2.05) is 24.3 Å². The molecule has 0 unspecified atom stereocenters. The van der Waals surface area contributed by atoms with Crippen molar-refractivity contribution in [2.75, 3.05) is 17.8 Å². The molecule has 0 amide bonds. The van der Waals surface area contributed by atoms with Crippen molar-refractivity contribution < 1.29 is 8.42 Å². The van der Waals surface area contributed by atoms with Crippen molar-refractivity contribution >= 4 is 37.5 Å². The molecule has 5 heteroatoms. The second-order valence-electron chi connectivity index (χ2n) is 3.27. The molecule has 0 N–H and O–H groups in total. The first-order valence-electron chi connectivity index (χ1n) is 4.48. The van der Waals surface area contributed by atoms with Gasteiger partial charge in [-0.1, -0.05) is 34.1 Å². The molecule has 0 aliphatic carbocycles. The molecule has 0 aliphatic rings. The van der Waals surface area contributed by atoms with Crippen LogP contribution in [0.3, 0.4) is 0 Å². The van der Waals surface area contributed by atoms with Crippen molar-refractivity contribution in [1.29, 1.82) is 0 Å². The van der Waals surface area contributed by atoms with Gasteiger partial charge in [-0.05, 0) is 11.6 Å². The van der Waals surface area contributed by atoms with Gasteiger partial charge in [0.2, 0.25) is 0 Å². The summed E-state index contributed by atoms with van der Waals surface area (Å²) in [7, 11) is -2.82. The number of halogens is 1. The van der Waals surface area contributed by atoms with Crippen LogP contribution in [0, 0.1) is 0 Å². The SMILES string of the molecule is CS(=O)(=O)CCSCc1ccccc1Br. The van der Waals surface area contributed by atoms with Gasteiger partial charge >= 0.3 is 0 Å². The summed E-state index contributed by atoms with van der Waals surface area (Å²) in [6.07, 6.45) is 1.27. The number of hydrogen-bond donors (Lipinski definition) is 0. The Morgan fingerprint density at radius 3 is 2.60 bits per heavy atom. The number of thioether (sulfide) groups is 1. The third-order valence-corrected chi connectivity index (χ3v) is 4.80. The lowest BCUT2D eigenvalue weighted by Gasteiger charge is -2.03. The average molecular weight is 309 g/mol. The quantitative estimate of drug-likeness (QED) is 0.784. The fourth-order valence-electron chi connectivity index (χ4n) is 1.01. The summed E-state index contributed by atoms with van der Waals surface area (Å²) in [5, 5.41) is 0. The minimum absolute atomic E-state index is 0.252. The van der Waals surface area contributed by atoms with Crippen LogP contribution < -0.4 is 0 Å². The normalized spacial score (nSPS) is 11.6. The van der Waals surface area contributed by atoms with Crippen LogP contribution in [0.2, 0.25) is 0 Å². The highest BCUT2D eigenvalue weighted by Gasteiger charge is 2.03. The monoisotopic (exact) mass is 308 g/mol. The summed E-state index contributed by atoms with van der Waals surface area (Å²) in [5.74, 6) is 1.75. The summed E-state index contributed by atoms with van der Waals surface area (Å²) in [5.41, 5.74) is 1.20. The predicted octanol–water partition coefficient (Wildman–Crippen LogP) is 2.73. The summed E-state index contributed by atoms with van der Waals surface area (Å²) in [6, 6.07) is 7.98. The van der Waals surface area contributed by atoms with Gasteiger partial charge in [0, 0.05) is 22.2 Å². The Bertz CT molecular complexity index is 415. The molecule has 15 heavy (non-hydrogen) atoms. The Morgan fingerprint density at radius 1 is 1.33 bits per heavy atom. The van der Waals surface area contributed by atoms with Gasteiger partial charge in [0.05, 0.1) is 5.75 Å². The smallest absolute Gasteiger partial charge is 0.148 e. The van der Waals surface area contributed by atoms with Gasteiger partial charge in [0.1, 0.15) is 9.84 Å². The third kappa shape index (κ3) is 5.58. The minimum Gasteiger partial charge on any atom is -0.229 e. The van der Waals surface area contributed by atoms with E-state index in [0.717, 1.165) is 10.2 Å². The van der Waals surface area contributed by atoms with Crippen molar-refractivity contribution in [2.45, 2.75) is 5.75 Å². The van der Waals surface area contributed by atoms with Crippen LogP contribution in [-0.2, 0) is 15.6 Å². The Balaban J connectivity index is 2.36. The first-order valence-corrected chi connectivity index (χ1v) is 8.49. The zero-order valence-electron chi connectivity index (χ0n) is 8.44. The number of hydrogen-bond acceptors (Lipinski definition) is 3. The molecule has 1 aromatic carbocycles. The molecule has 1 rings (SSSR count). The highest BCUT2D eigenvalue weighted by molar-refractivity contribution is 9.10. The van der Waals surface area contributed by atoms with Gasteiger partial charge in [-0.15, -0.1) is 0 Å². The molecule has 0 saturated heterocycles. The molecular formula is C10H13BrO2S2. The van der Waals surface area contributed by atoms with Crippen LogP contribution in [0.15, 0.2) is 28.7 Å². The second kappa shape index (κ2) is 5.92. The van der Waals surface area contributed by atoms with E-state index in [2.05, 4.69) is 15.9 Å². The van der Waals surface area contributed by atoms with Crippen LogP contribution in [0.1, 0.15) is 5.56 Å². The van der Waals surface area contributed by atoms with Crippen molar-refractivity contribution in [1.82, 2.24) is 0 Å². The Hall–Kier alpha value is -0.000000000000000111. The van der Waals surface area contributed by atoms with Crippen molar-refractivity contribution in [3.8, 4) is 0 Å². The number of sulfone groups is 1. The van der Waals surface area contributed by atoms with Crippen LogP contribution in [0.25, 0.3) is 0 Å². The molecule has 84 valence electrons. The summed E-state index contributed by atoms with van der Waals surface area (Å²) in [6.45, 7) is 0. The lowest BCUT2D eigenvalue weighted by molar-refractivity contribution is 0.603. The van der Waals surface area contributed by atoms with Gasteiger partial charge < -0.3 is 0 Å². The van der Waals surface area contributed by atoms with Gasteiger partial charge in [-0.25, -0.2) is 8.42 Å². The molecular weight excluding hydrogens is 296 g/mol. The maximum Gasteiger partial charge on any atom is 0.148 e. The Labute approximate surface area is 104 Å². The molecule has 0 saturated carbocycles. The lowest BCUT2D eigenvalue weighted by Crippen LogP contribution is -2.05. The molecule has 0 fully saturated rings. The average Bonchev–Trinajstić information content (AvgIpc) is 2.13. The van der Waals surface area contributed by atoms with E-state index in [-0.39, 0.29) is 5.75 Å². The molecule has 0 radical (unpaired) electrons. The van der Waals surface area contributed by atoms with E-state index in [9.17, 15) is 8.42 Å². The molecule has 0 aromatic heterocycles. The standard InChI is InChI=1S/C10H13BrO2S2/c1-15(12,13)7-6-14-8-9-4-2-3-5-10(9)11/h2-5H,6-8H2,1H3. The zero-order valence-corrected chi connectivity index (χ0v) is 11.7. The Morgan fingerprint density at radius 2 is 2.00 bits per heavy atom. The third-order valence-electron chi connectivity index (χ3n) is 1.81. The van der Waals surface area contributed by atoms with Crippen LogP contribution in [-0.4, -0.2) is 26.2 Å². The number of rotatable bonds is 5. The fraction of sp³-hybridized carbons (Fsp3) is 0.400. The largest absolute Gasteiger partial charge is 0.229 e. The van der Waals surface area contributed by atoms with Crippen molar-refractivity contribution in [2.24, 2.45) is 0 Å². The van der Waals surface area contributed by atoms with Crippen LogP contribution in [0.4, 0.5) is 0 Å². The second-order valence-corrected chi connectivity index (χ2v) is 7.49.